The molecule has 142 valence electrons. The van der Waals surface area contributed by atoms with Gasteiger partial charge >= 0.3 is 0 Å². The Bertz CT molecular complexity index is 757. The highest BCUT2D eigenvalue weighted by Crippen LogP contribution is 2.21. The number of morpholine rings is 1. The summed E-state index contributed by atoms with van der Waals surface area (Å²) in [6.45, 7) is 3.36. The van der Waals surface area contributed by atoms with Crippen molar-refractivity contribution in [3.63, 3.8) is 0 Å². The van der Waals surface area contributed by atoms with Crippen LogP contribution in [0.15, 0.2) is 58.5 Å². The van der Waals surface area contributed by atoms with Crippen LogP contribution < -0.4 is 15.1 Å². The molecule has 0 saturated carbocycles. The second kappa shape index (κ2) is 9.99. The third-order valence-electron chi connectivity index (χ3n) is 4.10. The van der Waals surface area contributed by atoms with Crippen molar-refractivity contribution in [1.82, 2.24) is 5.43 Å². The molecule has 0 bridgehead atoms. The first-order valence-electron chi connectivity index (χ1n) is 8.76. The first kappa shape index (κ1) is 19.3. The van der Waals surface area contributed by atoms with Crippen molar-refractivity contribution in [1.29, 1.82) is 0 Å². The lowest BCUT2D eigenvalue weighted by molar-refractivity contribution is -0.118. The molecule has 1 heterocycles. The fraction of sp³-hybridized carbons (Fsp3) is 0.300. The zero-order valence-corrected chi connectivity index (χ0v) is 16.1. The summed E-state index contributed by atoms with van der Waals surface area (Å²) in [5, 5.41) is 4.03. The Hall–Kier alpha value is -2.51. The minimum atomic E-state index is -0.142. The van der Waals surface area contributed by atoms with E-state index in [9.17, 15) is 4.79 Å². The van der Waals surface area contributed by atoms with Crippen LogP contribution in [-0.2, 0) is 9.53 Å². The molecule has 7 heteroatoms. The number of nitrogens with zero attached hydrogens (tertiary/aromatic N) is 2. The molecule has 1 saturated heterocycles. The summed E-state index contributed by atoms with van der Waals surface area (Å²) in [5.74, 6) is 0.963. The number of anilines is 1. The molecule has 0 atom stereocenters. The standard InChI is InChI=1S/C20H23N3O3S/c1-25-18-6-8-19(9-7-18)27-15-20(24)22-21-14-16-2-4-17(5-3-16)23-10-12-26-13-11-23/h2-9,14H,10-13,15H2,1H3,(H,22,24)/b21-14+. The lowest BCUT2D eigenvalue weighted by Crippen LogP contribution is -2.36. The van der Waals surface area contributed by atoms with Gasteiger partial charge in [-0.2, -0.15) is 5.10 Å². The van der Waals surface area contributed by atoms with Gasteiger partial charge in [0.2, 0.25) is 5.91 Å². The summed E-state index contributed by atoms with van der Waals surface area (Å²) in [5.41, 5.74) is 4.68. The van der Waals surface area contributed by atoms with E-state index in [2.05, 4.69) is 27.6 Å². The van der Waals surface area contributed by atoms with Gasteiger partial charge in [-0.3, -0.25) is 4.79 Å². The van der Waals surface area contributed by atoms with Crippen LogP contribution in [0.5, 0.6) is 5.75 Å². The first-order chi connectivity index (χ1) is 13.2. The fourth-order valence-corrected chi connectivity index (χ4v) is 3.32. The molecular weight excluding hydrogens is 362 g/mol. The van der Waals surface area contributed by atoms with E-state index < -0.39 is 0 Å². The zero-order valence-electron chi connectivity index (χ0n) is 15.3. The van der Waals surface area contributed by atoms with Crippen molar-refractivity contribution in [2.75, 3.05) is 44.1 Å². The van der Waals surface area contributed by atoms with Gasteiger partial charge in [-0.25, -0.2) is 5.43 Å². The molecule has 1 fully saturated rings. The van der Waals surface area contributed by atoms with Crippen molar-refractivity contribution in [2.24, 2.45) is 5.10 Å². The molecule has 1 aliphatic heterocycles. The van der Waals surface area contributed by atoms with Gasteiger partial charge in [-0.1, -0.05) is 12.1 Å². The van der Waals surface area contributed by atoms with Crippen LogP contribution in [0.2, 0.25) is 0 Å². The molecule has 27 heavy (non-hydrogen) atoms. The summed E-state index contributed by atoms with van der Waals surface area (Å²) >= 11 is 1.45. The van der Waals surface area contributed by atoms with E-state index in [1.807, 2.05) is 36.4 Å². The van der Waals surface area contributed by atoms with Gasteiger partial charge in [-0.15, -0.1) is 11.8 Å². The summed E-state index contributed by atoms with van der Waals surface area (Å²) in [6.07, 6.45) is 1.65. The topological polar surface area (TPSA) is 63.2 Å². The van der Waals surface area contributed by atoms with Gasteiger partial charge in [0.05, 0.1) is 32.3 Å². The number of hydrogen-bond donors (Lipinski definition) is 1. The van der Waals surface area contributed by atoms with E-state index >= 15 is 0 Å². The number of carbonyl (C=O) groups is 1. The molecular formula is C20H23N3O3S. The average molecular weight is 385 g/mol. The SMILES string of the molecule is COc1ccc(SCC(=O)N/N=C/c2ccc(N3CCOCC3)cc2)cc1. The van der Waals surface area contributed by atoms with Crippen LogP contribution >= 0.6 is 11.8 Å². The second-order valence-corrected chi connectivity index (χ2v) is 7.00. The van der Waals surface area contributed by atoms with Crippen molar-refractivity contribution in [3.05, 3.63) is 54.1 Å². The van der Waals surface area contributed by atoms with Crippen LogP contribution in [0.25, 0.3) is 0 Å². The molecule has 1 amide bonds. The number of carbonyl (C=O) groups excluding carboxylic acids is 1. The number of hydrazone groups is 1. The molecule has 0 radical (unpaired) electrons. The Morgan fingerprint density at radius 3 is 2.56 bits per heavy atom. The molecule has 6 nitrogen and oxygen atoms in total. The number of amides is 1. The Morgan fingerprint density at radius 1 is 1.19 bits per heavy atom. The first-order valence-corrected chi connectivity index (χ1v) is 9.75. The van der Waals surface area contributed by atoms with Crippen molar-refractivity contribution >= 4 is 29.6 Å². The van der Waals surface area contributed by atoms with Crippen molar-refractivity contribution in [2.45, 2.75) is 4.90 Å². The summed E-state index contributed by atoms with van der Waals surface area (Å²) in [6, 6.07) is 15.7. The minimum absolute atomic E-state index is 0.142. The van der Waals surface area contributed by atoms with E-state index in [1.165, 1.54) is 17.4 Å². The molecule has 1 aliphatic rings. The number of thioether (sulfide) groups is 1. The van der Waals surface area contributed by atoms with Gasteiger partial charge in [0.25, 0.3) is 0 Å². The number of rotatable bonds is 7. The lowest BCUT2D eigenvalue weighted by Gasteiger charge is -2.28. The molecule has 0 spiro atoms. The summed E-state index contributed by atoms with van der Waals surface area (Å²) in [7, 11) is 1.63. The van der Waals surface area contributed by atoms with Gasteiger partial charge in [0, 0.05) is 23.7 Å². The maximum Gasteiger partial charge on any atom is 0.250 e. The molecule has 1 N–H and O–H groups in total. The summed E-state index contributed by atoms with van der Waals surface area (Å²) < 4.78 is 10.5. The maximum atomic E-state index is 11.9. The smallest absolute Gasteiger partial charge is 0.250 e. The highest BCUT2D eigenvalue weighted by Gasteiger charge is 2.10. The van der Waals surface area contributed by atoms with E-state index in [4.69, 9.17) is 9.47 Å². The van der Waals surface area contributed by atoms with Crippen LogP contribution in [0, 0.1) is 0 Å². The molecule has 2 aromatic rings. The monoisotopic (exact) mass is 385 g/mol. The normalized spacial score (nSPS) is 14.3. The maximum absolute atomic E-state index is 11.9. The van der Waals surface area contributed by atoms with Crippen LogP contribution in [-0.4, -0.2) is 51.3 Å². The molecule has 0 aliphatic carbocycles. The lowest BCUT2D eigenvalue weighted by atomic mass is 10.2. The number of hydrogen-bond acceptors (Lipinski definition) is 6. The quantitative estimate of drug-likeness (QED) is 0.451. The third kappa shape index (κ3) is 6.01. The fourth-order valence-electron chi connectivity index (χ4n) is 2.62. The number of ether oxygens (including phenoxy) is 2. The van der Waals surface area contributed by atoms with E-state index in [0.29, 0.717) is 5.75 Å². The minimum Gasteiger partial charge on any atom is -0.497 e. The zero-order chi connectivity index (χ0) is 18.9. The van der Waals surface area contributed by atoms with Crippen molar-refractivity contribution in [3.8, 4) is 5.75 Å². The largest absolute Gasteiger partial charge is 0.497 e. The Kier molecular flexibility index (Phi) is 7.12. The Balaban J connectivity index is 1.43. The van der Waals surface area contributed by atoms with Gasteiger partial charge in [-0.05, 0) is 42.0 Å². The van der Waals surface area contributed by atoms with Gasteiger partial charge in [0.15, 0.2) is 0 Å². The molecule has 2 aromatic carbocycles. The van der Waals surface area contributed by atoms with Crippen LogP contribution in [0.3, 0.4) is 0 Å². The highest BCUT2D eigenvalue weighted by atomic mass is 32.2. The Morgan fingerprint density at radius 2 is 1.89 bits per heavy atom. The molecule has 0 aromatic heterocycles. The number of nitrogens with one attached hydrogen (secondary N) is 1. The van der Waals surface area contributed by atoms with E-state index in [0.717, 1.165) is 42.5 Å². The third-order valence-corrected chi connectivity index (χ3v) is 5.11. The molecule has 3 rings (SSSR count). The summed E-state index contributed by atoms with van der Waals surface area (Å²) in [4.78, 5) is 15.2. The number of methoxy groups -OCH3 is 1. The van der Waals surface area contributed by atoms with Crippen LogP contribution in [0.1, 0.15) is 5.56 Å². The van der Waals surface area contributed by atoms with Crippen LogP contribution in [0.4, 0.5) is 5.69 Å². The average Bonchev–Trinajstić information content (AvgIpc) is 2.74. The number of benzene rings is 2. The second-order valence-electron chi connectivity index (χ2n) is 5.95. The Labute approximate surface area is 163 Å². The van der Waals surface area contributed by atoms with E-state index in [1.54, 1.807) is 13.3 Å². The molecule has 0 unspecified atom stereocenters. The van der Waals surface area contributed by atoms with Gasteiger partial charge < -0.3 is 14.4 Å². The van der Waals surface area contributed by atoms with Gasteiger partial charge in [0.1, 0.15) is 5.75 Å². The van der Waals surface area contributed by atoms with E-state index in [-0.39, 0.29) is 5.91 Å². The highest BCUT2D eigenvalue weighted by molar-refractivity contribution is 8.00. The predicted molar refractivity (Wildman–Crippen MR) is 109 cm³/mol. The van der Waals surface area contributed by atoms with Crippen molar-refractivity contribution < 1.29 is 14.3 Å². The predicted octanol–water partition coefficient (Wildman–Crippen LogP) is 2.77.